The quantitative estimate of drug-likeness (QED) is 0.153. The number of fused-ring (bicyclic) bond motifs is 3. The van der Waals surface area contributed by atoms with Crippen LogP contribution in [0.15, 0.2) is 59.8 Å². The number of methoxy groups -OCH3 is 2. The van der Waals surface area contributed by atoms with Gasteiger partial charge in [-0.1, -0.05) is 43.1 Å². The van der Waals surface area contributed by atoms with E-state index in [0.717, 1.165) is 45.6 Å². The molecule has 0 saturated heterocycles. The Morgan fingerprint density at radius 1 is 1.03 bits per heavy atom. The smallest absolute Gasteiger partial charge is 0.132 e. The van der Waals surface area contributed by atoms with E-state index in [4.69, 9.17) is 15.0 Å². The second-order valence-electron chi connectivity index (χ2n) is 6.98. The summed E-state index contributed by atoms with van der Waals surface area (Å²) >= 11 is 0. The first-order chi connectivity index (χ1) is 15.2. The minimum Gasteiger partial charge on any atom is -0.497 e. The van der Waals surface area contributed by atoms with Crippen LogP contribution in [0.5, 0.6) is 11.5 Å². The van der Waals surface area contributed by atoms with Crippen molar-refractivity contribution in [2.24, 2.45) is 5.11 Å². The van der Waals surface area contributed by atoms with Crippen LogP contribution in [0.2, 0.25) is 0 Å². The van der Waals surface area contributed by atoms with Crippen molar-refractivity contribution < 1.29 is 9.47 Å². The number of ether oxygens (including phenoxy) is 2. The van der Waals surface area contributed by atoms with Crippen LogP contribution in [-0.4, -0.2) is 30.7 Å². The number of hydrogen-bond donors (Lipinski definition) is 1. The van der Waals surface area contributed by atoms with E-state index in [1.807, 2.05) is 42.6 Å². The summed E-state index contributed by atoms with van der Waals surface area (Å²) in [6, 6.07) is 16.1. The van der Waals surface area contributed by atoms with Gasteiger partial charge in [-0.3, -0.25) is 4.98 Å². The Morgan fingerprint density at radius 2 is 1.87 bits per heavy atom. The lowest BCUT2D eigenvalue weighted by Crippen LogP contribution is -1.92. The maximum atomic E-state index is 7.82. The van der Waals surface area contributed by atoms with Gasteiger partial charge in [-0.2, -0.15) is 0 Å². The fourth-order valence-electron chi connectivity index (χ4n) is 3.45. The molecule has 0 saturated carbocycles. The molecule has 31 heavy (non-hydrogen) atoms. The third-order valence-electron chi connectivity index (χ3n) is 5.02. The van der Waals surface area contributed by atoms with E-state index in [9.17, 15) is 0 Å². The molecule has 0 aliphatic heterocycles. The van der Waals surface area contributed by atoms with E-state index in [1.54, 1.807) is 14.2 Å². The average Bonchev–Trinajstić information content (AvgIpc) is 3.21. The Hall–Kier alpha value is -3.70. The van der Waals surface area contributed by atoms with Gasteiger partial charge in [0.15, 0.2) is 0 Å². The lowest BCUT2D eigenvalue weighted by Gasteiger charge is -2.10. The zero-order valence-corrected chi connectivity index (χ0v) is 18.1. The molecule has 0 bridgehead atoms. The monoisotopic (exact) mass is 417 g/mol. The van der Waals surface area contributed by atoms with Crippen molar-refractivity contribution in [3.05, 3.63) is 65.2 Å². The minimum absolute atomic E-state index is 0.657. The fourth-order valence-corrected chi connectivity index (χ4v) is 3.45. The van der Waals surface area contributed by atoms with Crippen molar-refractivity contribution >= 4 is 21.8 Å². The lowest BCUT2D eigenvalue weighted by atomic mass is 10.1. The Kier molecular flexibility index (Phi) is 7.73. The van der Waals surface area contributed by atoms with Gasteiger partial charge in [-0.25, -0.2) is 0 Å². The van der Waals surface area contributed by atoms with Crippen LogP contribution in [-0.2, 0) is 0 Å². The highest BCUT2D eigenvalue weighted by Gasteiger charge is 2.14. The minimum atomic E-state index is 0.657. The Labute approximate surface area is 181 Å². The number of unbranched alkanes of at least 4 members (excludes halogenated alkanes) is 2. The van der Waals surface area contributed by atoms with Crippen LogP contribution >= 0.6 is 0 Å². The molecule has 0 fully saturated rings. The first kappa shape index (κ1) is 22.0. The number of aromatic amines is 1. The maximum absolute atomic E-state index is 7.82. The van der Waals surface area contributed by atoms with Crippen molar-refractivity contribution in [1.82, 2.24) is 9.97 Å². The molecule has 2 aromatic heterocycles. The number of rotatable bonds is 7. The predicted octanol–water partition coefficient (Wildman–Crippen LogP) is 6.89. The normalized spacial score (nSPS) is 10.3. The summed E-state index contributed by atoms with van der Waals surface area (Å²) in [6.45, 7) is 2.78. The van der Waals surface area contributed by atoms with Gasteiger partial charge in [0, 0.05) is 45.6 Å². The van der Waals surface area contributed by atoms with Crippen molar-refractivity contribution in [1.29, 1.82) is 0 Å². The second kappa shape index (κ2) is 10.9. The molecule has 7 nitrogen and oxygen atoms in total. The summed E-state index contributed by atoms with van der Waals surface area (Å²) in [5.41, 5.74) is 11.7. The van der Waals surface area contributed by atoms with Gasteiger partial charge in [-0.15, -0.1) is 0 Å². The molecule has 1 N–H and O–H groups in total. The van der Waals surface area contributed by atoms with E-state index in [0.29, 0.717) is 6.54 Å². The molecule has 0 aliphatic rings. The number of hydrogen-bond acceptors (Lipinski definition) is 4. The molecular formula is C24H27N5O2. The van der Waals surface area contributed by atoms with Crippen molar-refractivity contribution in [2.75, 3.05) is 20.8 Å². The van der Waals surface area contributed by atoms with Crippen LogP contribution in [0.4, 0.5) is 0 Å². The van der Waals surface area contributed by atoms with Crippen molar-refractivity contribution in [2.45, 2.75) is 26.2 Å². The summed E-state index contributed by atoms with van der Waals surface area (Å²) in [5.74, 6) is 1.50. The Morgan fingerprint density at radius 3 is 2.61 bits per heavy atom. The van der Waals surface area contributed by atoms with Crippen LogP contribution < -0.4 is 9.47 Å². The third-order valence-corrected chi connectivity index (χ3v) is 5.02. The molecule has 7 heteroatoms. The highest BCUT2D eigenvalue weighted by molar-refractivity contribution is 6.11. The summed E-state index contributed by atoms with van der Waals surface area (Å²) in [5, 5.41) is 5.74. The van der Waals surface area contributed by atoms with E-state index < -0.39 is 0 Å². The SMILES string of the molecule is CCCCCN=[N+]=[N-].COc1ccc(-c2nccc3c2[nH]c2ccccc23)c(OC)c1. The van der Waals surface area contributed by atoms with Gasteiger partial charge in [-0.05, 0) is 36.2 Å². The zero-order chi connectivity index (χ0) is 22.1. The molecule has 2 heterocycles. The molecule has 160 valence electrons. The van der Waals surface area contributed by atoms with Gasteiger partial charge in [0.25, 0.3) is 0 Å². The number of para-hydroxylation sites is 1. The number of nitrogens with one attached hydrogen (secondary N) is 1. The molecule has 4 aromatic rings. The highest BCUT2D eigenvalue weighted by atomic mass is 16.5. The lowest BCUT2D eigenvalue weighted by molar-refractivity contribution is 0.395. The third kappa shape index (κ3) is 5.08. The van der Waals surface area contributed by atoms with Gasteiger partial charge >= 0.3 is 0 Å². The van der Waals surface area contributed by atoms with E-state index >= 15 is 0 Å². The van der Waals surface area contributed by atoms with Crippen LogP contribution in [0.1, 0.15) is 26.2 Å². The molecular weight excluding hydrogens is 390 g/mol. The molecule has 0 amide bonds. The summed E-state index contributed by atoms with van der Waals surface area (Å²) in [4.78, 5) is 10.7. The fraction of sp³-hybridized carbons (Fsp3) is 0.292. The highest BCUT2D eigenvalue weighted by Crippen LogP contribution is 2.37. The topological polar surface area (TPSA) is 95.9 Å². The zero-order valence-electron chi connectivity index (χ0n) is 18.1. The van der Waals surface area contributed by atoms with Gasteiger partial charge < -0.3 is 14.5 Å². The molecule has 4 rings (SSSR count). The average molecular weight is 418 g/mol. The first-order valence-corrected chi connectivity index (χ1v) is 10.3. The van der Waals surface area contributed by atoms with Gasteiger partial charge in [0.2, 0.25) is 0 Å². The second-order valence-corrected chi connectivity index (χ2v) is 6.98. The van der Waals surface area contributed by atoms with Crippen LogP contribution in [0.3, 0.4) is 0 Å². The summed E-state index contributed by atoms with van der Waals surface area (Å²) < 4.78 is 10.8. The van der Waals surface area contributed by atoms with E-state index in [2.05, 4.69) is 39.1 Å². The number of pyridine rings is 1. The van der Waals surface area contributed by atoms with Crippen molar-refractivity contribution in [3.63, 3.8) is 0 Å². The van der Waals surface area contributed by atoms with Crippen LogP contribution in [0.25, 0.3) is 43.5 Å². The summed E-state index contributed by atoms with van der Waals surface area (Å²) in [7, 11) is 3.30. The molecule has 0 spiro atoms. The molecule has 0 atom stereocenters. The van der Waals surface area contributed by atoms with Crippen LogP contribution in [0, 0.1) is 0 Å². The number of benzene rings is 2. The molecule has 2 aromatic carbocycles. The van der Waals surface area contributed by atoms with Gasteiger partial charge in [0.1, 0.15) is 11.5 Å². The largest absolute Gasteiger partial charge is 0.497 e. The Balaban J connectivity index is 0.000000293. The van der Waals surface area contributed by atoms with E-state index in [1.165, 1.54) is 18.2 Å². The standard InChI is InChI=1S/C19H16N2O2.C5H11N3/c1-22-12-7-8-15(17(11-12)23-2)18-19-14(9-10-20-18)13-5-3-4-6-16(13)21-19;1-2-3-4-5-7-8-6/h3-11,21H,1-2H3;2-5H2,1H3. The maximum Gasteiger partial charge on any atom is 0.132 e. The number of H-pyrrole nitrogens is 1. The molecule has 0 aliphatic carbocycles. The number of azide groups is 1. The molecule has 0 unspecified atom stereocenters. The molecule has 0 radical (unpaired) electrons. The van der Waals surface area contributed by atoms with Gasteiger partial charge in [0.05, 0.1) is 25.4 Å². The predicted molar refractivity (Wildman–Crippen MR) is 126 cm³/mol. The first-order valence-electron chi connectivity index (χ1n) is 10.3. The van der Waals surface area contributed by atoms with E-state index in [-0.39, 0.29) is 0 Å². The van der Waals surface area contributed by atoms with Crippen molar-refractivity contribution in [3.8, 4) is 22.8 Å². The summed E-state index contributed by atoms with van der Waals surface area (Å²) in [6.07, 6.45) is 5.21. The number of aromatic nitrogens is 2. The Bertz CT molecular complexity index is 1200. The number of nitrogens with zero attached hydrogens (tertiary/aromatic N) is 4.